The van der Waals surface area contributed by atoms with E-state index in [0.717, 1.165) is 11.1 Å². The molecule has 3 nitrogen and oxygen atoms in total. The largest absolute Gasteiger partial charge is 0.489 e. The van der Waals surface area contributed by atoms with Gasteiger partial charge in [-0.1, -0.05) is 50.2 Å². The maximum Gasteiger partial charge on any atom is 0.128 e. The third-order valence-electron chi connectivity index (χ3n) is 4.41. The second kappa shape index (κ2) is 8.55. The first-order valence-electron chi connectivity index (χ1n) is 8.88. The van der Waals surface area contributed by atoms with Crippen LogP contribution < -0.4 is 4.74 Å². The van der Waals surface area contributed by atoms with Crippen molar-refractivity contribution >= 4 is 22.6 Å². The average molecular weight is 408 g/mol. The fraction of sp³-hybridized carbons (Fsp3) is 0.333. The molecule has 0 N–H and O–H groups in total. The minimum Gasteiger partial charge on any atom is -0.489 e. The van der Waals surface area contributed by atoms with Gasteiger partial charge < -0.3 is 4.74 Å². The molecule has 2 unspecified atom stereocenters. The minimum absolute atomic E-state index is 0.260. The SMILES string of the molecule is C=CCOc1ccc(Cl)cc1C1c2cccc(F)c2CN1S(=O)CC(C)C. The summed E-state index contributed by atoms with van der Waals surface area (Å²) < 4.78 is 35.2. The van der Waals surface area contributed by atoms with Crippen LogP contribution >= 0.6 is 11.6 Å². The van der Waals surface area contributed by atoms with Crippen molar-refractivity contribution in [3.63, 3.8) is 0 Å². The third-order valence-corrected chi connectivity index (χ3v) is 6.46. The Hall–Kier alpha value is -1.69. The van der Waals surface area contributed by atoms with Crippen LogP contribution in [-0.4, -0.2) is 20.9 Å². The van der Waals surface area contributed by atoms with E-state index >= 15 is 0 Å². The van der Waals surface area contributed by atoms with Crippen LogP contribution in [0.15, 0.2) is 49.1 Å². The van der Waals surface area contributed by atoms with Crippen LogP contribution in [0.1, 0.15) is 36.6 Å². The number of benzene rings is 2. The van der Waals surface area contributed by atoms with E-state index in [0.29, 0.717) is 35.2 Å². The molecule has 6 heteroatoms. The van der Waals surface area contributed by atoms with Crippen molar-refractivity contribution in [2.45, 2.75) is 26.4 Å². The van der Waals surface area contributed by atoms with Gasteiger partial charge in [0.25, 0.3) is 0 Å². The summed E-state index contributed by atoms with van der Waals surface area (Å²) in [5.74, 6) is 1.12. The molecule has 2 aromatic carbocycles. The summed E-state index contributed by atoms with van der Waals surface area (Å²) >= 11 is 6.26. The summed E-state index contributed by atoms with van der Waals surface area (Å²) in [4.78, 5) is 0. The lowest BCUT2D eigenvalue weighted by Gasteiger charge is -2.26. The molecule has 0 spiro atoms. The van der Waals surface area contributed by atoms with Crippen LogP contribution in [0.3, 0.4) is 0 Å². The number of fused-ring (bicyclic) bond motifs is 1. The molecule has 3 rings (SSSR count). The quantitative estimate of drug-likeness (QED) is 0.585. The lowest BCUT2D eigenvalue weighted by molar-refractivity contribution is 0.343. The van der Waals surface area contributed by atoms with Crippen LogP contribution in [0.5, 0.6) is 5.75 Å². The van der Waals surface area contributed by atoms with Gasteiger partial charge in [0.15, 0.2) is 0 Å². The molecule has 0 fully saturated rings. The van der Waals surface area contributed by atoms with Crippen LogP contribution in [0.25, 0.3) is 0 Å². The van der Waals surface area contributed by atoms with Gasteiger partial charge in [-0.15, -0.1) is 0 Å². The van der Waals surface area contributed by atoms with Gasteiger partial charge in [0.2, 0.25) is 0 Å². The Bertz CT molecular complexity index is 871. The standard InChI is InChI=1S/C21H23ClFNO2S/c1-4-10-26-20-9-8-15(22)11-17(20)21-16-6-5-7-19(23)18(16)12-24(21)27(25)13-14(2)3/h4-9,11,14,21H,1,10,12-13H2,2-3H3. The van der Waals surface area contributed by atoms with Gasteiger partial charge in [-0.2, -0.15) is 0 Å². The first-order chi connectivity index (χ1) is 12.9. The molecule has 1 aliphatic heterocycles. The second-order valence-corrected chi connectivity index (χ2v) is 8.83. The van der Waals surface area contributed by atoms with E-state index in [9.17, 15) is 8.60 Å². The van der Waals surface area contributed by atoms with Crippen LogP contribution in [0, 0.1) is 11.7 Å². The molecule has 2 aromatic rings. The second-order valence-electron chi connectivity index (χ2n) is 6.95. The predicted molar refractivity (Wildman–Crippen MR) is 109 cm³/mol. The first-order valence-corrected chi connectivity index (χ1v) is 10.5. The van der Waals surface area contributed by atoms with E-state index in [-0.39, 0.29) is 17.8 Å². The van der Waals surface area contributed by atoms with Crippen molar-refractivity contribution in [2.24, 2.45) is 5.92 Å². The van der Waals surface area contributed by atoms with E-state index in [1.807, 2.05) is 30.3 Å². The van der Waals surface area contributed by atoms with Gasteiger partial charge in [0.1, 0.15) is 18.2 Å². The van der Waals surface area contributed by atoms with Crippen LogP contribution in [0.2, 0.25) is 5.02 Å². The van der Waals surface area contributed by atoms with Gasteiger partial charge in [-0.3, -0.25) is 0 Å². The molecule has 0 radical (unpaired) electrons. The number of rotatable bonds is 7. The van der Waals surface area contributed by atoms with Gasteiger partial charge in [0.05, 0.1) is 17.0 Å². The van der Waals surface area contributed by atoms with Gasteiger partial charge >= 0.3 is 0 Å². The number of halogens is 2. The summed E-state index contributed by atoms with van der Waals surface area (Å²) in [6.45, 7) is 8.36. The molecule has 0 bridgehead atoms. The molecule has 2 atom stereocenters. The van der Waals surface area contributed by atoms with Crippen molar-refractivity contribution in [1.29, 1.82) is 0 Å². The molecule has 0 aliphatic carbocycles. The fourth-order valence-corrected chi connectivity index (χ4v) is 4.98. The number of ether oxygens (including phenoxy) is 1. The molecule has 1 heterocycles. The van der Waals surface area contributed by atoms with E-state index in [1.165, 1.54) is 6.07 Å². The molecule has 0 saturated carbocycles. The third kappa shape index (κ3) is 4.26. The van der Waals surface area contributed by atoms with E-state index < -0.39 is 11.0 Å². The van der Waals surface area contributed by atoms with E-state index in [2.05, 4.69) is 6.58 Å². The molecular formula is C21H23ClFNO2S. The Morgan fingerprint density at radius 3 is 2.85 bits per heavy atom. The van der Waals surface area contributed by atoms with Crippen LogP contribution in [-0.2, 0) is 17.5 Å². The zero-order valence-electron chi connectivity index (χ0n) is 15.5. The Morgan fingerprint density at radius 1 is 1.37 bits per heavy atom. The Kier molecular flexibility index (Phi) is 6.35. The summed E-state index contributed by atoms with van der Waals surface area (Å²) in [5.41, 5.74) is 2.16. The van der Waals surface area contributed by atoms with Crippen molar-refractivity contribution in [3.8, 4) is 5.75 Å². The van der Waals surface area contributed by atoms with Gasteiger partial charge in [-0.05, 0) is 35.7 Å². The first kappa shape index (κ1) is 20.1. The molecular weight excluding hydrogens is 385 g/mol. The average Bonchev–Trinajstić information content (AvgIpc) is 3.01. The molecule has 0 aromatic heterocycles. The number of nitrogens with zero attached hydrogens (tertiary/aromatic N) is 1. The molecule has 27 heavy (non-hydrogen) atoms. The van der Waals surface area contributed by atoms with Gasteiger partial charge in [0, 0.05) is 28.4 Å². The normalized spacial score (nSPS) is 17.7. The highest BCUT2D eigenvalue weighted by atomic mass is 35.5. The van der Waals surface area contributed by atoms with E-state index in [4.69, 9.17) is 16.3 Å². The summed E-state index contributed by atoms with van der Waals surface area (Å²) in [6, 6.07) is 9.98. The van der Waals surface area contributed by atoms with Crippen molar-refractivity contribution in [2.75, 3.05) is 12.4 Å². The van der Waals surface area contributed by atoms with E-state index in [1.54, 1.807) is 24.3 Å². The molecule has 0 amide bonds. The highest BCUT2D eigenvalue weighted by Crippen LogP contribution is 2.44. The smallest absolute Gasteiger partial charge is 0.128 e. The topological polar surface area (TPSA) is 29.5 Å². The van der Waals surface area contributed by atoms with Crippen molar-refractivity contribution in [3.05, 3.63) is 76.6 Å². The highest BCUT2D eigenvalue weighted by Gasteiger charge is 2.38. The Morgan fingerprint density at radius 2 is 2.15 bits per heavy atom. The maximum atomic E-state index is 14.5. The van der Waals surface area contributed by atoms with Crippen molar-refractivity contribution < 1.29 is 13.3 Å². The maximum absolute atomic E-state index is 14.5. The predicted octanol–water partition coefficient (Wildman–Crippen LogP) is 5.27. The van der Waals surface area contributed by atoms with Gasteiger partial charge in [-0.25, -0.2) is 12.9 Å². The Balaban J connectivity index is 2.12. The zero-order valence-corrected chi connectivity index (χ0v) is 17.0. The van der Waals surface area contributed by atoms with Crippen LogP contribution in [0.4, 0.5) is 4.39 Å². The summed E-state index contributed by atoms with van der Waals surface area (Å²) in [5, 5.41) is 0.551. The number of hydrogen-bond donors (Lipinski definition) is 0. The fourth-order valence-electron chi connectivity index (χ4n) is 3.31. The molecule has 1 aliphatic rings. The summed E-state index contributed by atoms with van der Waals surface area (Å²) in [7, 11) is -1.26. The highest BCUT2D eigenvalue weighted by molar-refractivity contribution is 7.82. The lowest BCUT2D eigenvalue weighted by Crippen LogP contribution is -2.29. The molecule has 0 saturated heterocycles. The minimum atomic E-state index is -1.26. The Labute approximate surface area is 167 Å². The number of hydrogen-bond acceptors (Lipinski definition) is 2. The summed E-state index contributed by atoms with van der Waals surface area (Å²) in [6.07, 6.45) is 1.66. The molecule has 144 valence electrons. The lowest BCUT2D eigenvalue weighted by atomic mass is 9.97. The zero-order chi connectivity index (χ0) is 19.6. The monoisotopic (exact) mass is 407 g/mol. The van der Waals surface area contributed by atoms with Crippen molar-refractivity contribution in [1.82, 2.24) is 4.31 Å².